The fraction of sp³-hybridized carbons (Fsp3) is 0.208. The molecule has 298 valence electrons. The number of rotatable bonds is 12. The molecule has 0 saturated heterocycles. The number of alkyl halides is 1. The van der Waals surface area contributed by atoms with Crippen LogP contribution in [-0.2, 0) is 11.3 Å². The van der Waals surface area contributed by atoms with Crippen molar-refractivity contribution < 1.29 is 23.7 Å². The summed E-state index contributed by atoms with van der Waals surface area (Å²) >= 11 is 0. The van der Waals surface area contributed by atoms with E-state index in [2.05, 4.69) is 72.0 Å². The SMILES string of the molecule is C=C(c1ccccc1)c1cc(OCC#CC)ncn1.CC#CCOc1cc(C(C)(F)c2ccccc2)ncn1.CC#CCOc1cc(C(C)(O)c2ccccc2)ncn1. The van der Waals surface area contributed by atoms with Gasteiger partial charge in [0.05, 0.1) is 17.1 Å². The van der Waals surface area contributed by atoms with Crippen LogP contribution in [0, 0.1) is 35.5 Å². The van der Waals surface area contributed by atoms with E-state index >= 15 is 0 Å². The molecule has 3 aromatic heterocycles. The molecule has 0 aliphatic heterocycles. The summed E-state index contributed by atoms with van der Waals surface area (Å²) in [5, 5.41) is 10.7. The summed E-state index contributed by atoms with van der Waals surface area (Å²) in [6.07, 6.45) is 4.14. The second kappa shape index (κ2) is 23.0. The Bertz CT molecular complexity index is 2310. The van der Waals surface area contributed by atoms with Gasteiger partial charge in [0.15, 0.2) is 25.5 Å². The average molecular weight is 789 g/mol. The lowest BCUT2D eigenvalue weighted by atomic mass is 9.92. The summed E-state index contributed by atoms with van der Waals surface area (Å²) in [6.45, 7) is 13.3. The molecule has 0 amide bonds. The van der Waals surface area contributed by atoms with E-state index < -0.39 is 11.3 Å². The summed E-state index contributed by atoms with van der Waals surface area (Å²) in [5.74, 6) is 17.8. The molecule has 0 spiro atoms. The highest BCUT2D eigenvalue weighted by atomic mass is 19.1. The predicted molar refractivity (Wildman–Crippen MR) is 227 cm³/mol. The largest absolute Gasteiger partial charge is 0.464 e. The van der Waals surface area contributed by atoms with Gasteiger partial charge in [0.25, 0.3) is 0 Å². The number of benzene rings is 3. The Morgan fingerprint density at radius 2 is 0.983 bits per heavy atom. The van der Waals surface area contributed by atoms with Gasteiger partial charge in [-0.1, -0.05) is 115 Å². The van der Waals surface area contributed by atoms with Crippen molar-refractivity contribution in [1.29, 1.82) is 0 Å². The first kappa shape index (κ1) is 44.3. The minimum absolute atomic E-state index is 0.224. The van der Waals surface area contributed by atoms with Crippen molar-refractivity contribution in [2.75, 3.05) is 19.8 Å². The van der Waals surface area contributed by atoms with Crippen molar-refractivity contribution in [3.05, 3.63) is 169 Å². The Kier molecular flexibility index (Phi) is 17.3. The Morgan fingerprint density at radius 1 is 0.576 bits per heavy atom. The van der Waals surface area contributed by atoms with Gasteiger partial charge in [-0.3, -0.25) is 0 Å². The summed E-state index contributed by atoms with van der Waals surface area (Å²) in [7, 11) is 0. The van der Waals surface area contributed by atoms with Crippen LogP contribution in [0.3, 0.4) is 0 Å². The molecule has 10 nitrogen and oxygen atoms in total. The molecule has 11 heteroatoms. The highest BCUT2D eigenvalue weighted by molar-refractivity contribution is 5.76. The molecule has 0 fully saturated rings. The van der Waals surface area contributed by atoms with Gasteiger partial charge in [0.2, 0.25) is 17.6 Å². The molecule has 2 atom stereocenters. The Hall–Kier alpha value is -7.39. The fourth-order valence-corrected chi connectivity index (χ4v) is 5.09. The van der Waals surface area contributed by atoms with E-state index in [0.717, 1.165) is 22.4 Å². The zero-order chi connectivity index (χ0) is 42.4. The molecule has 3 aromatic carbocycles. The van der Waals surface area contributed by atoms with Gasteiger partial charge in [-0.2, -0.15) is 0 Å². The minimum Gasteiger partial charge on any atom is -0.464 e. The molecule has 59 heavy (non-hydrogen) atoms. The molecule has 0 aliphatic rings. The van der Waals surface area contributed by atoms with E-state index in [1.165, 1.54) is 32.0 Å². The van der Waals surface area contributed by atoms with Crippen LogP contribution < -0.4 is 14.2 Å². The van der Waals surface area contributed by atoms with Crippen LogP contribution in [0.2, 0.25) is 0 Å². The van der Waals surface area contributed by atoms with Crippen molar-refractivity contribution in [2.24, 2.45) is 0 Å². The average Bonchev–Trinajstić information content (AvgIpc) is 3.28. The number of aromatic nitrogens is 6. The maximum absolute atomic E-state index is 14.9. The molecule has 6 aromatic rings. The zero-order valence-electron chi connectivity index (χ0n) is 33.7. The quantitative estimate of drug-likeness (QED) is 0.121. The minimum atomic E-state index is -1.70. The molecule has 1 N–H and O–H groups in total. The number of hydrogen-bond acceptors (Lipinski definition) is 10. The van der Waals surface area contributed by atoms with Crippen molar-refractivity contribution in [3.63, 3.8) is 0 Å². The molecular formula is C48H45FN6O4. The number of nitrogens with zero attached hydrogens (tertiary/aromatic N) is 6. The van der Waals surface area contributed by atoms with Crippen LogP contribution in [0.1, 0.15) is 68.4 Å². The van der Waals surface area contributed by atoms with Crippen molar-refractivity contribution >= 4 is 5.57 Å². The van der Waals surface area contributed by atoms with Crippen molar-refractivity contribution in [1.82, 2.24) is 29.9 Å². The molecule has 3 heterocycles. The fourth-order valence-electron chi connectivity index (χ4n) is 5.09. The smallest absolute Gasteiger partial charge is 0.217 e. The van der Waals surface area contributed by atoms with Gasteiger partial charge in [-0.25, -0.2) is 34.3 Å². The van der Waals surface area contributed by atoms with E-state index in [-0.39, 0.29) is 18.9 Å². The van der Waals surface area contributed by atoms with E-state index in [4.69, 9.17) is 14.2 Å². The molecule has 0 radical (unpaired) electrons. The second-order valence-electron chi connectivity index (χ2n) is 12.5. The zero-order valence-corrected chi connectivity index (χ0v) is 33.7. The first-order valence-electron chi connectivity index (χ1n) is 18.4. The first-order chi connectivity index (χ1) is 28.6. The van der Waals surface area contributed by atoms with E-state index in [0.29, 0.717) is 35.5 Å². The summed E-state index contributed by atoms with van der Waals surface area (Å²) in [6, 6.07) is 33.0. The molecule has 6 rings (SSSR count). The van der Waals surface area contributed by atoms with Crippen LogP contribution in [0.15, 0.2) is 135 Å². The number of ether oxygens (including phenoxy) is 3. The highest BCUT2D eigenvalue weighted by Crippen LogP contribution is 2.33. The molecule has 0 bridgehead atoms. The third-order valence-electron chi connectivity index (χ3n) is 8.40. The topological polar surface area (TPSA) is 125 Å². The molecule has 0 saturated carbocycles. The number of aliphatic hydroxyl groups is 1. The van der Waals surface area contributed by atoms with Gasteiger partial charge < -0.3 is 19.3 Å². The lowest BCUT2D eigenvalue weighted by Gasteiger charge is -2.23. The van der Waals surface area contributed by atoms with E-state index in [9.17, 15) is 9.50 Å². The standard InChI is InChI=1S/C16H15FN2O.C16H16N2O2.C16H14N2O/c1-3-4-10-20-15-11-14(18-12-19-15)16(2,17)13-8-6-5-7-9-13;1-3-4-10-20-15-11-14(17-12-18-15)16(2,19)13-8-6-5-7-9-13;1-3-4-10-19-16-11-15(17-12-18-16)13(2)14-8-6-5-7-9-14/h5-9,11-12H,10H2,1-2H3;5-9,11-12,19H,10H2,1-2H3;5-9,11-12H,2,10H2,1H3. The Labute approximate surface area is 345 Å². The van der Waals surface area contributed by atoms with Crippen LogP contribution in [0.5, 0.6) is 17.6 Å². The van der Waals surface area contributed by atoms with Gasteiger partial charge in [0.1, 0.15) is 24.6 Å². The van der Waals surface area contributed by atoms with Gasteiger partial charge >= 0.3 is 0 Å². The molecule has 0 aliphatic carbocycles. The van der Waals surface area contributed by atoms with Crippen LogP contribution >= 0.6 is 0 Å². The lowest BCUT2D eigenvalue weighted by molar-refractivity contribution is 0.0967. The summed E-state index contributed by atoms with van der Waals surface area (Å²) in [4.78, 5) is 24.4. The summed E-state index contributed by atoms with van der Waals surface area (Å²) in [5.41, 5.74) is 1.78. The monoisotopic (exact) mass is 788 g/mol. The second-order valence-corrected chi connectivity index (χ2v) is 12.5. The van der Waals surface area contributed by atoms with E-state index in [1.807, 2.05) is 66.7 Å². The Balaban J connectivity index is 0.000000196. The van der Waals surface area contributed by atoms with Crippen LogP contribution in [-0.4, -0.2) is 54.8 Å². The maximum atomic E-state index is 14.9. The number of halogens is 1. The van der Waals surface area contributed by atoms with Gasteiger partial charge in [-0.15, -0.1) is 17.8 Å². The lowest BCUT2D eigenvalue weighted by Crippen LogP contribution is -2.24. The normalized spacial score (nSPS) is 11.8. The van der Waals surface area contributed by atoms with Gasteiger partial charge in [0, 0.05) is 23.8 Å². The third kappa shape index (κ3) is 13.6. The molecular weight excluding hydrogens is 744 g/mol. The number of hydrogen-bond donors (Lipinski definition) is 1. The van der Waals surface area contributed by atoms with Crippen molar-refractivity contribution in [3.8, 4) is 53.2 Å². The van der Waals surface area contributed by atoms with Crippen molar-refractivity contribution in [2.45, 2.75) is 45.9 Å². The van der Waals surface area contributed by atoms with Gasteiger partial charge in [-0.05, 0) is 51.3 Å². The van der Waals surface area contributed by atoms with Crippen LogP contribution in [0.4, 0.5) is 4.39 Å². The Morgan fingerprint density at radius 3 is 1.47 bits per heavy atom. The third-order valence-corrected chi connectivity index (χ3v) is 8.40. The highest BCUT2D eigenvalue weighted by Gasteiger charge is 2.30. The first-order valence-corrected chi connectivity index (χ1v) is 18.4. The molecule has 2 unspecified atom stereocenters. The van der Waals surface area contributed by atoms with E-state index in [1.54, 1.807) is 64.1 Å². The maximum Gasteiger partial charge on any atom is 0.217 e. The summed E-state index contributed by atoms with van der Waals surface area (Å²) < 4.78 is 31.1. The predicted octanol–water partition coefficient (Wildman–Crippen LogP) is 8.19. The van der Waals surface area contributed by atoms with Crippen LogP contribution in [0.25, 0.3) is 5.57 Å².